The Labute approximate surface area is 131 Å². The van der Waals surface area contributed by atoms with Gasteiger partial charge in [0.05, 0.1) is 11.4 Å². The number of allylic oxidation sites excluding steroid dienone is 6. The van der Waals surface area contributed by atoms with E-state index in [2.05, 4.69) is 23.4 Å². The van der Waals surface area contributed by atoms with Crippen molar-refractivity contribution in [2.24, 2.45) is 0 Å². The molecule has 0 bridgehead atoms. The SMILES string of the molecule is C=CC(=C\C=CC)/C(C)=C/c1c(C(=N)CC=N)n[nH]c1C=C. The lowest BCUT2D eigenvalue weighted by atomic mass is 10.0. The van der Waals surface area contributed by atoms with Gasteiger partial charge in [-0.05, 0) is 37.1 Å². The van der Waals surface area contributed by atoms with Gasteiger partial charge in [0.15, 0.2) is 0 Å². The smallest absolute Gasteiger partial charge is 0.114 e. The van der Waals surface area contributed by atoms with E-state index in [4.69, 9.17) is 10.8 Å². The summed E-state index contributed by atoms with van der Waals surface area (Å²) in [4.78, 5) is 0. The average molecular weight is 294 g/mol. The molecule has 0 aromatic carbocycles. The van der Waals surface area contributed by atoms with Crippen LogP contribution in [-0.2, 0) is 0 Å². The van der Waals surface area contributed by atoms with Gasteiger partial charge in [0.1, 0.15) is 5.69 Å². The quantitative estimate of drug-likeness (QED) is 0.477. The molecule has 1 heterocycles. The monoisotopic (exact) mass is 294 g/mol. The fraction of sp³-hybridized carbons (Fsp3) is 0.167. The molecule has 1 aromatic rings. The first-order valence-electron chi connectivity index (χ1n) is 7.00. The van der Waals surface area contributed by atoms with Gasteiger partial charge in [-0.15, -0.1) is 0 Å². The Morgan fingerprint density at radius 3 is 2.64 bits per heavy atom. The van der Waals surface area contributed by atoms with Crippen LogP contribution in [0, 0.1) is 10.8 Å². The Kier molecular flexibility index (Phi) is 6.70. The Balaban J connectivity index is 3.35. The predicted molar refractivity (Wildman–Crippen MR) is 95.7 cm³/mol. The summed E-state index contributed by atoms with van der Waals surface area (Å²) in [6, 6.07) is 0. The van der Waals surface area contributed by atoms with E-state index in [0.717, 1.165) is 22.4 Å². The van der Waals surface area contributed by atoms with Gasteiger partial charge in [-0.25, -0.2) is 0 Å². The van der Waals surface area contributed by atoms with Gasteiger partial charge < -0.3 is 10.8 Å². The summed E-state index contributed by atoms with van der Waals surface area (Å²) in [5.41, 5.74) is 4.44. The van der Waals surface area contributed by atoms with Crippen molar-refractivity contribution in [2.75, 3.05) is 0 Å². The van der Waals surface area contributed by atoms with Crippen molar-refractivity contribution in [3.63, 3.8) is 0 Å². The lowest BCUT2D eigenvalue weighted by Crippen LogP contribution is -2.02. The first kappa shape index (κ1) is 17.3. The minimum Gasteiger partial charge on any atom is -0.313 e. The zero-order chi connectivity index (χ0) is 16.5. The number of hydrogen-bond donors (Lipinski definition) is 3. The molecule has 0 fully saturated rings. The van der Waals surface area contributed by atoms with E-state index in [9.17, 15) is 0 Å². The van der Waals surface area contributed by atoms with Crippen LogP contribution in [0.15, 0.2) is 48.6 Å². The predicted octanol–water partition coefficient (Wildman–Crippen LogP) is 4.55. The molecule has 22 heavy (non-hydrogen) atoms. The van der Waals surface area contributed by atoms with E-state index in [0.29, 0.717) is 11.4 Å². The van der Waals surface area contributed by atoms with Crippen molar-refractivity contribution in [3.8, 4) is 0 Å². The standard InChI is InChI=1S/C18H22N4/c1-5-8-9-14(6-2)13(4)12-15-17(7-3)21-22-18(15)16(20)10-11-19/h5-9,11-12,19-20H,2-3,10H2,1,4H3,(H,21,22)/b8-5?,13-12+,14-9+,19-11?,20-16?. The molecule has 0 amide bonds. The fourth-order valence-corrected chi connectivity index (χ4v) is 1.95. The van der Waals surface area contributed by atoms with E-state index < -0.39 is 0 Å². The molecule has 0 unspecified atom stereocenters. The minimum absolute atomic E-state index is 0.254. The van der Waals surface area contributed by atoms with Crippen LogP contribution in [0.25, 0.3) is 12.2 Å². The molecule has 0 radical (unpaired) electrons. The zero-order valence-corrected chi connectivity index (χ0v) is 13.1. The van der Waals surface area contributed by atoms with E-state index in [1.165, 1.54) is 6.21 Å². The van der Waals surface area contributed by atoms with Crippen molar-refractivity contribution in [3.05, 3.63) is 65.6 Å². The zero-order valence-electron chi connectivity index (χ0n) is 13.1. The summed E-state index contributed by atoms with van der Waals surface area (Å²) in [5, 5.41) is 22.2. The molecule has 0 atom stereocenters. The number of H-pyrrole nitrogens is 1. The summed E-state index contributed by atoms with van der Waals surface area (Å²) in [6.07, 6.45) is 12.8. The van der Waals surface area contributed by atoms with Gasteiger partial charge in [-0.2, -0.15) is 5.10 Å². The summed E-state index contributed by atoms with van der Waals surface area (Å²) < 4.78 is 0. The van der Waals surface area contributed by atoms with Crippen LogP contribution in [0.3, 0.4) is 0 Å². The van der Waals surface area contributed by atoms with Crippen LogP contribution in [0.4, 0.5) is 0 Å². The van der Waals surface area contributed by atoms with Gasteiger partial charge in [-0.3, -0.25) is 5.10 Å². The number of aromatic nitrogens is 2. The van der Waals surface area contributed by atoms with Crippen LogP contribution in [0.1, 0.15) is 37.2 Å². The summed E-state index contributed by atoms with van der Waals surface area (Å²) in [6.45, 7) is 11.5. The Bertz CT molecular complexity index is 669. The van der Waals surface area contributed by atoms with E-state index in [1.54, 1.807) is 12.2 Å². The maximum Gasteiger partial charge on any atom is 0.114 e. The number of rotatable bonds is 8. The largest absolute Gasteiger partial charge is 0.313 e. The fourth-order valence-electron chi connectivity index (χ4n) is 1.95. The van der Waals surface area contributed by atoms with Crippen molar-refractivity contribution in [2.45, 2.75) is 20.3 Å². The second kappa shape index (κ2) is 8.52. The van der Waals surface area contributed by atoms with Crippen LogP contribution in [-0.4, -0.2) is 22.1 Å². The van der Waals surface area contributed by atoms with E-state index in [-0.39, 0.29) is 6.42 Å². The van der Waals surface area contributed by atoms with Gasteiger partial charge in [-0.1, -0.05) is 37.5 Å². The highest BCUT2D eigenvalue weighted by atomic mass is 15.1. The van der Waals surface area contributed by atoms with E-state index >= 15 is 0 Å². The molecular weight excluding hydrogens is 272 g/mol. The molecule has 3 N–H and O–H groups in total. The molecule has 0 saturated carbocycles. The summed E-state index contributed by atoms with van der Waals surface area (Å²) >= 11 is 0. The van der Waals surface area contributed by atoms with E-state index in [1.807, 2.05) is 38.2 Å². The Morgan fingerprint density at radius 1 is 1.36 bits per heavy atom. The van der Waals surface area contributed by atoms with Crippen molar-refractivity contribution in [1.29, 1.82) is 10.8 Å². The Hall–Kier alpha value is -2.75. The first-order valence-corrected chi connectivity index (χ1v) is 7.00. The van der Waals surface area contributed by atoms with Gasteiger partial charge >= 0.3 is 0 Å². The maximum atomic E-state index is 8.02. The molecule has 4 heteroatoms. The van der Waals surface area contributed by atoms with Crippen LogP contribution < -0.4 is 0 Å². The molecule has 0 spiro atoms. The third-order valence-electron chi connectivity index (χ3n) is 3.13. The molecule has 1 rings (SSSR count). The highest BCUT2D eigenvalue weighted by Crippen LogP contribution is 2.21. The highest BCUT2D eigenvalue weighted by molar-refractivity contribution is 6.06. The van der Waals surface area contributed by atoms with Crippen LogP contribution in [0.5, 0.6) is 0 Å². The van der Waals surface area contributed by atoms with Gasteiger partial charge in [0.25, 0.3) is 0 Å². The summed E-state index contributed by atoms with van der Waals surface area (Å²) in [7, 11) is 0. The number of nitrogens with zero attached hydrogens (tertiary/aromatic N) is 1. The lowest BCUT2D eigenvalue weighted by Gasteiger charge is -2.04. The number of aromatic amines is 1. The topological polar surface area (TPSA) is 76.4 Å². The minimum atomic E-state index is 0.254. The molecule has 0 aliphatic rings. The van der Waals surface area contributed by atoms with Crippen molar-refractivity contribution < 1.29 is 0 Å². The molecule has 4 nitrogen and oxygen atoms in total. The number of hydrogen-bond acceptors (Lipinski definition) is 3. The van der Waals surface area contributed by atoms with Crippen molar-refractivity contribution in [1.82, 2.24) is 10.2 Å². The second-order valence-corrected chi connectivity index (χ2v) is 4.67. The number of nitrogens with one attached hydrogen (secondary N) is 3. The van der Waals surface area contributed by atoms with Gasteiger partial charge in [0, 0.05) is 18.2 Å². The van der Waals surface area contributed by atoms with Crippen LogP contribution >= 0.6 is 0 Å². The Morgan fingerprint density at radius 2 is 2.09 bits per heavy atom. The normalized spacial score (nSPS) is 12.5. The highest BCUT2D eigenvalue weighted by Gasteiger charge is 2.13. The molecule has 0 aliphatic carbocycles. The van der Waals surface area contributed by atoms with Gasteiger partial charge in [0.2, 0.25) is 0 Å². The summed E-state index contributed by atoms with van der Waals surface area (Å²) in [5.74, 6) is 0. The second-order valence-electron chi connectivity index (χ2n) is 4.67. The third-order valence-corrected chi connectivity index (χ3v) is 3.13. The molecule has 0 saturated heterocycles. The van der Waals surface area contributed by atoms with Crippen LogP contribution in [0.2, 0.25) is 0 Å². The maximum absolute atomic E-state index is 8.02. The molecule has 114 valence electrons. The molecule has 1 aromatic heterocycles. The van der Waals surface area contributed by atoms with Crippen molar-refractivity contribution >= 4 is 24.1 Å². The third kappa shape index (κ3) is 4.12. The first-order chi connectivity index (χ1) is 10.6. The molecular formula is C18H22N4. The average Bonchev–Trinajstić information content (AvgIpc) is 2.91. The molecule has 0 aliphatic heterocycles. The lowest BCUT2D eigenvalue weighted by molar-refractivity contribution is 1.06.